The van der Waals surface area contributed by atoms with Crippen molar-refractivity contribution in [1.82, 2.24) is 9.97 Å². The third kappa shape index (κ3) is 2.16. The first-order chi connectivity index (χ1) is 9.72. The van der Waals surface area contributed by atoms with Crippen LogP contribution in [0.15, 0.2) is 18.2 Å². The Hall–Kier alpha value is -1.95. The van der Waals surface area contributed by atoms with Gasteiger partial charge in [0.15, 0.2) is 17.3 Å². The Bertz CT molecular complexity index is 661. The third-order valence-corrected chi connectivity index (χ3v) is 4.22. The summed E-state index contributed by atoms with van der Waals surface area (Å²) in [4.78, 5) is 9.19. The Morgan fingerprint density at radius 1 is 1.30 bits per heavy atom. The van der Waals surface area contributed by atoms with Gasteiger partial charge in [-0.2, -0.15) is 11.8 Å². The van der Waals surface area contributed by atoms with Crippen LogP contribution in [0.25, 0.3) is 11.4 Å². The lowest BCUT2D eigenvalue weighted by molar-refractivity contribution is 0.373. The number of phenolic OH excluding ortho intramolecular Hbond substituents is 1. The number of nitrogens with one attached hydrogen (secondary N) is 1. The molecule has 0 unspecified atom stereocenters. The van der Waals surface area contributed by atoms with E-state index in [0.717, 1.165) is 28.6 Å². The van der Waals surface area contributed by atoms with Gasteiger partial charge >= 0.3 is 0 Å². The molecule has 0 fully saturated rings. The summed E-state index contributed by atoms with van der Waals surface area (Å²) < 4.78 is 5.13. The molecular formula is C14H15N3O2S. The SMILES string of the molecule is CNc1nc(-c2ccc(O)c(OC)c2)nc2c1CSC2. The maximum absolute atomic E-state index is 9.66. The predicted molar refractivity (Wildman–Crippen MR) is 80.2 cm³/mol. The number of benzene rings is 1. The highest BCUT2D eigenvalue weighted by Gasteiger charge is 2.20. The number of aromatic nitrogens is 2. The van der Waals surface area contributed by atoms with E-state index in [0.29, 0.717) is 11.6 Å². The summed E-state index contributed by atoms with van der Waals surface area (Å²) >= 11 is 1.84. The smallest absolute Gasteiger partial charge is 0.161 e. The fraction of sp³-hybridized carbons (Fsp3) is 0.286. The lowest BCUT2D eigenvalue weighted by Crippen LogP contribution is -2.03. The highest BCUT2D eigenvalue weighted by atomic mass is 32.2. The number of hydrogen-bond acceptors (Lipinski definition) is 6. The maximum Gasteiger partial charge on any atom is 0.161 e. The molecule has 0 saturated heterocycles. The van der Waals surface area contributed by atoms with Crippen molar-refractivity contribution in [2.24, 2.45) is 0 Å². The Morgan fingerprint density at radius 2 is 2.15 bits per heavy atom. The number of thioether (sulfide) groups is 1. The van der Waals surface area contributed by atoms with E-state index >= 15 is 0 Å². The zero-order valence-corrected chi connectivity index (χ0v) is 12.1. The van der Waals surface area contributed by atoms with E-state index in [1.165, 1.54) is 12.7 Å². The largest absolute Gasteiger partial charge is 0.504 e. The van der Waals surface area contributed by atoms with Crippen LogP contribution in [0.4, 0.5) is 5.82 Å². The molecule has 3 rings (SSSR count). The summed E-state index contributed by atoms with van der Waals surface area (Å²) in [6, 6.07) is 5.14. The minimum Gasteiger partial charge on any atom is -0.504 e. The highest BCUT2D eigenvalue weighted by molar-refractivity contribution is 7.98. The van der Waals surface area contributed by atoms with Crippen LogP contribution >= 0.6 is 11.8 Å². The molecule has 2 aromatic rings. The van der Waals surface area contributed by atoms with Gasteiger partial charge in [0.05, 0.1) is 12.8 Å². The number of nitrogens with zero attached hydrogens (tertiary/aromatic N) is 2. The fourth-order valence-corrected chi connectivity index (χ4v) is 3.25. The average molecular weight is 289 g/mol. The zero-order valence-electron chi connectivity index (χ0n) is 11.3. The molecule has 1 aromatic heterocycles. The number of hydrogen-bond donors (Lipinski definition) is 2. The summed E-state index contributed by atoms with van der Waals surface area (Å²) in [5.41, 5.74) is 3.10. The van der Waals surface area contributed by atoms with Crippen LogP contribution in [-0.4, -0.2) is 29.2 Å². The van der Waals surface area contributed by atoms with Crippen LogP contribution in [0.3, 0.4) is 0 Å². The molecule has 0 atom stereocenters. The molecule has 2 N–H and O–H groups in total. The van der Waals surface area contributed by atoms with Gasteiger partial charge in [-0.05, 0) is 18.2 Å². The van der Waals surface area contributed by atoms with Crippen molar-refractivity contribution in [1.29, 1.82) is 0 Å². The number of phenols is 1. The van der Waals surface area contributed by atoms with Crippen molar-refractivity contribution in [3.05, 3.63) is 29.5 Å². The quantitative estimate of drug-likeness (QED) is 0.905. The van der Waals surface area contributed by atoms with Crippen LogP contribution in [-0.2, 0) is 11.5 Å². The molecule has 1 aliphatic rings. The van der Waals surface area contributed by atoms with Crippen molar-refractivity contribution >= 4 is 17.6 Å². The average Bonchev–Trinajstić information content (AvgIpc) is 2.95. The van der Waals surface area contributed by atoms with E-state index in [4.69, 9.17) is 4.74 Å². The second-order valence-electron chi connectivity index (χ2n) is 4.45. The van der Waals surface area contributed by atoms with Gasteiger partial charge in [-0.15, -0.1) is 0 Å². The van der Waals surface area contributed by atoms with Crippen LogP contribution in [0.1, 0.15) is 11.3 Å². The summed E-state index contributed by atoms with van der Waals surface area (Å²) in [7, 11) is 3.39. The van der Waals surface area contributed by atoms with Gasteiger partial charge in [0.2, 0.25) is 0 Å². The van der Waals surface area contributed by atoms with E-state index < -0.39 is 0 Å². The van der Waals surface area contributed by atoms with E-state index in [1.54, 1.807) is 18.2 Å². The standard InChI is InChI=1S/C14H15N3O2S/c1-15-14-9-6-20-7-10(9)16-13(17-14)8-3-4-11(18)12(5-8)19-2/h3-5,18H,6-7H2,1-2H3,(H,15,16,17). The summed E-state index contributed by atoms with van der Waals surface area (Å²) in [5, 5.41) is 12.8. The first kappa shape index (κ1) is 13.1. The van der Waals surface area contributed by atoms with Crippen molar-refractivity contribution in [3.8, 4) is 22.9 Å². The second kappa shape index (κ2) is 5.20. The lowest BCUT2D eigenvalue weighted by Gasteiger charge is -2.10. The van der Waals surface area contributed by atoms with Gasteiger partial charge in [-0.1, -0.05) is 0 Å². The molecule has 104 valence electrons. The number of methoxy groups -OCH3 is 1. The van der Waals surface area contributed by atoms with Gasteiger partial charge in [-0.25, -0.2) is 9.97 Å². The molecule has 2 heterocycles. The number of ether oxygens (including phenoxy) is 1. The van der Waals surface area contributed by atoms with Crippen LogP contribution in [0.5, 0.6) is 11.5 Å². The molecule has 6 heteroatoms. The van der Waals surface area contributed by atoms with Gasteiger partial charge in [0.25, 0.3) is 0 Å². The second-order valence-corrected chi connectivity index (χ2v) is 5.44. The molecule has 0 bridgehead atoms. The molecule has 20 heavy (non-hydrogen) atoms. The van der Waals surface area contributed by atoms with Gasteiger partial charge < -0.3 is 15.2 Å². The topological polar surface area (TPSA) is 67.3 Å². The highest BCUT2D eigenvalue weighted by Crippen LogP contribution is 2.35. The Labute approximate surface area is 121 Å². The molecule has 5 nitrogen and oxygen atoms in total. The van der Waals surface area contributed by atoms with Crippen molar-refractivity contribution in [3.63, 3.8) is 0 Å². The summed E-state index contributed by atoms with van der Waals surface area (Å²) in [5.74, 6) is 3.92. The predicted octanol–water partition coefficient (Wildman–Crippen LogP) is 2.65. The van der Waals surface area contributed by atoms with Crippen molar-refractivity contribution in [2.45, 2.75) is 11.5 Å². The normalized spacial score (nSPS) is 13.1. The van der Waals surface area contributed by atoms with Crippen molar-refractivity contribution < 1.29 is 9.84 Å². The summed E-state index contributed by atoms with van der Waals surface area (Å²) in [6.45, 7) is 0. The van der Waals surface area contributed by atoms with E-state index in [1.807, 2.05) is 18.8 Å². The number of rotatable bonds is 3. The van der Waals surface area contributed by atoms with Crippen LogP contribution < -0.4 is 10.1 Å². The van der Waals surface area contributed by atoms with E-state index in [2.05, 4.69) is 15.3 Å². The Balaban J connectivity index is 2.10. The first-order valence-electron chi connectivity index (χ1n) is 6.25. The third-order valence-electron chi connectivity index (χ3n) is 3.25. The lowest BCUT2D eigenvalue weighted by atomic mass is 10.1. The fourth-order valence-electron chi connectivity index (χ4n) is 2.20. The minimum absolute atomic E-state index is 0.113. The molecule has 0 aliphatic carbocycles. The zero-order chi connectivity index (χ0) is 14.1. The molecular weight excluding hydrogens is 274 g/mol. The van der Waals surface area contributed by atoms with Crippen LogP contribution in [0, 0.1) is 0 Å². The minimum atomic E-state index is 0.113. The number of aromatic hydroxyl groups is 1. The van der Waals surface area contributed by atoms with E-state index in [-0.39, 0.29) is 5.75 Å². The number of anilines is 1. The molecule has 1 aliphatic heterocycles. The van der Waals surface area contributed by atoms with Crippen molar-refractivity contribution in [2.75, 3.05) is 19.5 Å². The molecule has 1 aromatic carbocycles. The summed E-state index contributed by atoms with van der Waals surface area (Å²) in [6.07, 6.45) is 0. The van der Waals surface area contributed by atoms with Crippen LogP contribution in [0.2, 0.25) is 0 Å². The van der Waals surface area contributed by atoms with E-state index in [9.17, 15) is 5.11 Å². The molecule has 0 spiro atoms. The maximum atomic E-state index is 9.66. The monoisotopic (exact) mass is 289 g/mol. The first-order valence-corrected chi connectivity index (χ1v) is 7.41. The van der Waals surface area contributed by atoms with Gasteiger partial charge in [0, 0.05) is 29.7 Å². The molecule has 0 saturated carbocycles. The Kier molecular flexibility index (Phi) is 3.40. The Morgan fingerprint density at radius 3 is 2.90 bits per heavy atom. The van der Waals surface area contributed by atoms with Gasteiger partial charge in [-0.3, -0.25) is 0 Å². The molecule has 0 radical (unpaired) electrons. The number of fused-ring (bicyclic) bond motifs is 1. The molecule has 0 amide bonds. The van der Waals surface area contributed by atoms with Gasteiger partial charge in [0.1, 0.15) is 5.82 Å².